The van der Waals surface area contributed by atoms with Gasteiger partial charge in [-0.15, -0.1) is 0 Å². The number of hydrogen-bond acceptors (Lipinski definition) is 3. The van der Waals surface area contributed by atoms with Crippen LogP contribution in [0.15, 0.2) is 35.9 Å². The summed E-state index contributed by atoms with van der Waals surface area (Å²) in [5.41, 5.74) is 0.698. The van der Waals surface area contributed by atoms with Crippen LogP contribution in [0.1, 0.15) is 18.1 Å². The van der Waals surface area contributed by atoms with E-state index in [1.165, 1.54) is 24.3 Å². The van der Waals surface area contributed by atoms with E-state index < -0.39 is 12.1 Å². The summed E-state index contributed by atoms with van der Waals surface area (Å²) in [5.74, 6) is -0.890. The molecule has 1 heterocycles. The van der Waals surface area contributed by atoms with Gasteiger partial charge in [0, 0.05) is 6.42 Å². The molecule has 2 rings (SSSR count). The minimum atomic E-state index is -1.05. The number of cyclic esters (lactones) is 1. The number of benzene rings is 1. The Hall–Kier alpha value is -1.68. The smallest absolute Gasteiger partial charge is 0.336 e. The van der Waals surface area contributed by atoms with Gasteiger partial charge in [0.25, 0.3) is 0 Å². The average Bonchev–Trinajstić information content (AvgIpc) is 2.30. The molecule has 1 N–H and O–H groups in total. The topological polar surface area (TPSA) is 46.5 Å². The molecule has 0 saturated heterocycles. The quantitative estimate of drug-likeness (QED) is 0.775. The molecular formula is C12H11FO3. The number of hydrogen-bond donors (Lipinski definition) is 1. The molecule has 4 heteroatoms. The van der Waals surface area contributed by atoms with E-state index in [9.17, 15) is 14.3 Å². The number of rotatable bonds is 2. The highest BCUT2D eigenvalue weighted by Crippen LogP contribution is 2.25. The number of esters is 1. The maximum atomic E-state index is 12.7. The fourth-order valence-electron chi connectivity index (χ4n) is 1.58. The number of ether oxygens (including phenoxy) is 1. The van der Waals surface area contributed by atoms with Gasteiger partial charge in [-0.1, -0.05) is 18.2 Å². The van der Waals surface area contributed by atoms with Crippen molar-refractivity contribution >= 4 is 5.97 Å². The molecular weight excluding hydrogens is 211 g/mol. The number of aliphatic hydroxyl groups is 1. The SMILES string of the molecule is O=C1OCCC=C1C(O)c1ccc(F)cc1. The van der Waals surface area contributed by atoms with Gasteiger partial charge in [0.05, 0.1) is 12.2 Å². The zero-order chi connectivity index (χ0) is 11.5. The zero-order valence-electron chi connectivity index (χ0n) is 8.52. The Labute approximate surface area is 92.2 Å². The Morgan fingerprint density at radius 1 is 1.31 bits per heavy atom. The fraction of sp³-hybridized carbons (Fsp3) is 0.250. The Balaban J connectivity index is 2.24. The molecule has 0 aliphatic carbocycles. The first-order valence-electron chi connectivity index (χ1n) is 4.99. The Morgan fingerprint density at radius 3 is 2.62 bits per heavy atom. The third-order valence-corrected chi connectivity index (χ3v) is 2.43. The lowest BCUT2D eigenvalue weighted by Gasteiger charge is -2.18. The number of carbonyl (C=O) groups is 1. The fourth-order valence-corrected chi connectivity index (χ4v) is 1.58. The second-order valence-electron chi connectivity index (χ2n) is 3.54. The van der Waals surface area contributed by atoms with Crippen LogP contribution in [-0.2, 0) is 9.53 Å². The molecule has 0 saturated carbocycles. The van der Waals surface area contributed by atoms with Crippen molar-refractivity contribution in [3.05, 3.63) is 47.3 Å². The van der Waals surface area contributed by atoms with E-state index in [0.29, 0.717) is 18.6 Å². The Bertz CT molecular complexity index is 422. The van der Waals surface area contributed by atoms with Crippen LogP contribution < -0.4 is 0 Å². The van der Waals surface area contributed by atoms with Crippen LogP contribution >= 0.6 is 0 Å². The highest BCUT2D eigenvalue weighted by molar-refractivity contribution is 5.90. The largest absolute Gasteiger partial charge is 0.462 e. The Morgan fingerprint density at radius 2 is 2.00 bits per heavy atom. The van der Waals surface area contributed by atoms with Gasteiger partial charge in [0.15, 0.2) is 0 Å². The van der Waals surface area contributed by atoms with Crippen LogP contribution in [0.4, 0.5) is 4.39 Å². The lowest BCUT2D eigenvalue weighted by atomic mass is 10.00. The molecule has 0 amide bonds. The van der Waals surface area contributed by atoms with Crippen LogP contribution in [0.25, 0.3) is 0 Å². The van der Waals surface area contributed by atoms with E-state index in [2.05, 4.69) is 0 Å². The molecule has 1 aromatic rings. The van der Waals surface area contributed by atoms with Crippen molar-refractivity contribution in [1.82, 2.24) is 0 Å². The number of halogens is 1. The minimum absolute atomic E-state index is 0.220. The molecule has 1 unspecified atom stereocenters. The normalized spacial score (nSPS) is 17.6. The number of carbonyl (C=O) groups excluding carboxylic acids is 1. The van der Waals surface area contributed by atoms with Gasteiger partial charge in [0.1, 0.15) is 11.9 Å². The van der Waals surface area contributed by atoms with Crippen LogP contribution in [0, 0.1) is 5.82 Å². The van der Waals surface area contributed by atoms with Gasteiger partial charge in [-0.05, 0) is 17.7 Å². The van der Waals surface area contributed by atoms with Crippen molar-refractivity contribution in [1.29, 1.82) is 0 Å². The van der Waals surface area contributed by atoms with Crippen LogP contribution in [0.3, 0.4) is 0 Å². The molecule has 0 aromatic heterocycles. The van der Waals surface area contributed by atoms with Crippen LogP contribution in [0.5, 0.6) is 0 Å². The van der Waals surface area contributed by atoms with Crippen LogP contribution in [-0.4, -0.2) is 17.7 Å². The maximum Gasteiger partial charge on any atom is 0.336 e. The summed E-state index contributed by atoms with van der Waals surface area (Å²) in [7, 11) is 0. The van der Waals surface area contributed by atoms with Gasteiger partial charge in [-0.2, -0.15) is 0 Å². The average molecular weight is 222 g/mol. The first-order valence-corrected chi connectivity index (χ1v) is 4.99. The van der Waals surface area contributed by atoms with Crippen molar-refractivity contribution < 1.29 is 19.0 Å². The second kappa shape index (κ2) is 4.45. The zero-order valence-corrected chi connectivity index (χ0v) is 8.52. The van der Waals surface area contributed by atoms with E-state index in [0.717, 1.165) is 0 Å². The molecule has 1 aliphatic heterocycles. The van der Waals surface area contributed by atoms with Crippen molar-refractivity contribution in [2.24, 2.45) is 0 Å². The van der Waals surface area contributed by atoms with E-state index in [4.69, 9.17) is 4.74 Å². The lowest BCUT2D eigenvalue weighted by Crippen LogP contribution is -2.19. The third-order valence-electron chi connectivity index (χ3n) is 2.43. The third kappa shape index (κ3) is 2.12. The Kier molecular flexibility index (Phi) is 3.01. The van der Waals surface area contributed by atoms with Crippen LogP contribution in [0.2, 0.25) is 0 Å². The summed E-state index contributed by atoms with van der Waals surface area (Å²) < 4.78 is 17.5. The molecule has 0 radical (unpaired) electrons. The molecule has 1 aliphatic rings. The minimum Gasteiger partial charge on any atom is -0.462 e. The maximum absolute atomic E-state index is 12.7. The summed E-state index contributed by atoms with van der Waals surface area (Å²) >= 11 is 0. The van der Waals surface area contributed by atoms with Gasteiger partial charge < -0.3 is 9.84 Å². The van der Waals surface area contributed by atoms with E-state index >= 15 is 0 Å². The number of aliphatic hydroxyl groups excluding tert-OH is 1. The highest BCUT2D eigenvalue weighted by atomic mass is 19.1. The van der Waals surface area contributed by atoms with Crippen molar-refractivity contribution in [2.75, 3.05) is 6.61 Å². The van der Waals surface area contributed by atoms with Gasteiger partial charge in [-0.3, -0.25) is 0 Å². The predicted octanol–water partition coefficient (Wildman–Crippen LogP) is 1.73. The molecule has 1 aromatic carbocycles. The lowest BCUT2D eigenvalue weighted by molar-refractivity contribution is -0.141. The van der Waals surface area contributed by atoms with E-state index in [1.54, 1.807) is 6.08 Å². The first-order chi connectivity index (χ1) is 7.68. The summed E-state index contributed by atoms with van der Waals surface area (Å²) in [6, 6.07) is 5.38. The second-order valence-corrected chi connectivity index (χ2v) is 3.54. The summed E-state index contributed by atoms with van der Waals surface area (Å²) in [5, 5.41) is 9.92. The molecule has 3 nitrogen and oxygen atoms in total. The van der Waals surface area contributed by atoms with Crippen molar-refractivity contribution in [2.45, 2.75) is 12.5 Å². The standard InChI is InChI=1S/C12H11FO3/c13-9-5-3-8(4-6-9)11(14)10-2-1-7-16-12(10)15/h2-6,11,14H,1,7H2. The molecule has 0 bridgehead atoms. The summed E-state index contributed by atoms with van der Waals surface area (Å²) in [6.45, 7) is 0.346. The highest BCUT2D eigenvalue weighted by Gasteiger charge is 2.23. The molecule has 16 heavy (non-hydrogen) atoms. The molecule has 0 spiro atoms. The monoisotopic (exact) mass is 222 g/mol. The van der Waals surface area contributed by atoms with E-state index in [1.807, 2.05) is 0 Å². The van der Waals surface area contributed by atoms with Gasteiger partial charge >= 0.3 is 5.97 Å². The molecule has 0 fully saturated rings. The van der Waals surface area contributed by atoms with Crippen molar-refractivity contribution in [3.63, 3.8) is 0 Å². The van der Waals surface area contributed by atoms with Crippen molar-refractivity contribution in [3.8, 4) is 0 Å². The first kappa shape index (κ1) is 10.8. The van der Waals surface area contributed by atoms with Gasteiger partial charge in [-0.25, -0.2) is 9.18 Å². The summed E-state index contributed by atoms with van der Waals surface area (Å²) in [6.07, 6.45) is 1.20. The molecule has 1 atom stereocenters. The summed E-state index contributed by atoms with van der Waals surface area (Å²) in [4.78, 5) is 11.4. The molecule has 84 valence electrons. The van der Waals surface area contributed by atoms with Gasteiger partial charge in [0.2, 0.25) is 0 Å². The van der Waals surface area contributed by atoms with E-state index in [-0.39, 0.29) is 11.4 Å². The predicted molar refractivity (Wildman–Crippen MR) is 55.0 cm³/mol.